The predicted molar refractivity (Wildman–Crippen MR) is 75.2 cm³/mol. The highest BCUT2D eigenvalue weighted by Crippen LogP contribution is 2.31. The lowest BCUT2D eigenvalue weighted by Gasteiger charge is -2.28. The molecule has 0 N–H and O–H groups in total. The number of aryl methyl sites for hydroxylation is 2. The summed E-state index contributed by atoms with van der Waals surface area (Å²) in [5.74, 6) is 0.316. The van der Waals surface area contributed by atoms with Gasteiger partial charge in [-0.15, -0.1) is 11.3 Å². The number of hydrogen-bond donors (Lipinski definition) is 0. The Hall–Kier alpha value is -1.34. The summed E-state index contributed by atoms with van der Waals surface area (Å²) in [6.07, 6.45) is 6.44. The number of nitriles is 1. The molecule has 2 heterocycles. The molecule has 100 valence electrons. The van der Waals surface area contributed by atoms with Crippen molar-refractivity contribution in [2.75, 3.05) is 13.1 Å². The van der Waals surface area contributed by atoms with Crippen LogP contribution in [0.25, 0.3) is 0 Å². The van der Waals surface area contributed by atoms with Crippen molar-refractivity contribution in [3.63, 3.8) is 0 Å². The van der Waals surface area contributed by atoms with Crippen LogP contribution in [0, 0.1) is 17.2 Å². The third kappa shape index (κ3) is 2.52. The molecule has 1 aliphatic carbocycles. The van der Waals surface area contributed by atoms with Gasteiger partial charge >= 0.3 is 0 Å². The summed E-state index contributed by atoms with van der Waals surface area (Å²) in [6.45, 7) is 1.47. The van der Waals surface area contributed by atoms with Gasteiger partial charge in [0.1, 0.15) is 0 Å². The fourth-order valence-electron chi connectivity index (χ4n) is 2.96. The predicted octanol–water partition coefficient (Wildman–Crippen LogP) is 3.00. The first-order valence-electron chi connectivity index (χ1n) is 7.08. The summed E-state index contributed by atoms with van der Waals surface area (Å²) in [5.41, 5.74) is 1.39. The van der Waals surface area contributed by atoms with Crippen LogP contribution in [0.3, 0.4) is 0 Å². The molecule has 0 atom stereocenters. The first-order valence-corrected chi connectivity index (χ1v) is 7.90. The highest BCUT2D eigenvalue weighted by molar-refractivity contribution is 7.14. The lowest BCUT2D eigenvalue weighted by atomic mass is 9.98. The lowest BCUT2D eigenvalue weighted by molar-refractivity contribution is 0.0712. The Bertz CT molecular complexity index is 497. The molecule has 1 amide bonds. The van der Waals surface area contributed by atoms with Crippen molar-refractivity contribution < 1.29 is 4.79 Å². The van der Waals surface area contributed by atoms with Crippen molar-refractivity contribution in [3.05, 3.63) is 21.4 Å². The molecule has 1 fully saturated rings. The number of amides is 1. The Balaban J connectivity index is 1.71. The lowest BCUT2D eigenvalue weighted by Crippen LogP contribution is -2.37. The van der Waals surface area contributed by atoms with Gasteiger partial charge in [0.05, 0.1) is 10.9 Å². The van der Waals surface area contributed by atoms with Gasteiger partial charge in [0.25, 0.3) is 5.91 Å². The molecule has 0 unspecified atom stereocenters. The Kier molecular flexibility index (Phi) is 3.56. The molecule has 2 aliphatic rings. The van der Waals surface area contributed by atoms with E-state index in [0.29, 0.717) is 0 Å². The maximum atomic E-state index is 12.5. The SMILES string of the molecule is N#CC1CCN(C(=O)c2cc3c(s2)CCCC3)CC1. The summed E-state index contributed by atoms with van der Waals surface area (Å²) in [5, 5.41) is 8.89. The molecule has 1 aromatic heterocycles. The number of fused-ring (bicyclic) bond motifs is 1. The molecular formula is C15H18N2OS. The first kappa shape index (κ1) is 12.7. The van der Waals surface area contributed by atoms with Crippen LogP contribution in [-0.2, 0) is 12.8 Å². The fraction of sp³-hybridized carbons (Fsp3) is 0.600. The van der Waals surface area contributed by atoms with Gasteiger partial charge in [0, 0.05) is 23.9 Å². The molecule has 1 aromatic rings. The third-order valence-corrected chi connectivity index (χ3v) is 5.40. The van der Waals surface area contributed by atoms with Gasteiger partial charge in [0.15, 0.2) is 0 Å². The molecule has 0 radical (unpaired) electrons. The Morgan fingerprint density at radius 3 is 2.74 bits per heavy atom. The zero-order valence-corrected chi connectivity index (χ0v) is 11.8. The van der Waals surface area contributed by atoms with Crippen molar-refractivity contribution in [3.8, 4) is 6.07 Å². The second-order valence-corrected chi connectivity index (χ2v) is 6.60. The minimum Gasteiger partial charge on any atom is -0.338 e. The van der Waals surface area contributed by atoms with E-state index in [1.807, 2.05) is 4.90 Å². The van der Waals surface area contributed by atoms with Gasteiger partial charge in [0.2, 0.25) is 0 Å². The van der Waals surface area contributed by atoms with Gasteiger partial charge in [-0.3, -0.25) is 4.79 Å². The number of carbonyl (C=O) groups is 1. The van der Waals surface area contributed by atoms with E-state index in [-0.39, 0.29) is 11.8 Å². The number of thiophene rings is 1. The van der Waals surface area contributed by atoms with Crippen LogP contribution in [0.1, 0.15) is 45.8 Å². The van der Waals surface area contributed by atoms with E-state index in [4.69, 9.17) is 5.26 Å². The van der Waals surface area contributed by atoms with Crippen LogP contribution < -0.4 is 0 Å². The van der Waals surface area contributed by atoms with E-state index in [1.165, 1.54) is 23.3 Å². The molecule has 3 nitrogen and oxygen atoms in total. The van der Waals surface area contributed by atoms with Crippen LogP contribution >= 0.6 is 11.3 Å². The maximum absolute atomic E-state index is 12.5. The molecule has 3 rings (SSSR count). The van der Waals surface area contributed by atoms with Gasteiger partial charge < -0.3 is 4.90 Å². The highest BCUT2D eigenvalue weighted by Gasteiger charge is 2.25. The normalized spacial score (nSPS) is 19.8. The van der Waals surface area contributed by atoms with E-state index in [0.717, 1.165) is 43.6 Å². The topological polar surface area (TPSA) is 44.1 Å². The molecule has 19 heavy (non-hydrogen) atoms. The smallest absolute Gasteiger partial charge is 0.263 e. The Morgan fingerprint density at radius 2 is 2.05 bits per heavy atom. The summed E-state index contributed by atoms with van der Waals surface area (Å²) < 4.78 is 0. The Labute approximate surface area is 117 Å². The molecule has 0 bridgehead atoms. The summed E-state index contributed by atoms with van der Waals surface area (Å²) in [7, 11) is 0. The monoisotopic (exact) mass is 274 g/mol. The largest absolute Gasteiger partial charge is 0.338 e. The van der Waals surface area contributed by atoms with Crippen molar-refractivity contribution in [2.24, 2.45) is 5.92 Å². The number of likely N-dealkylation sites (tertiary alicyclic amines) is 1. The molecular weight excluding hydrogens is 256 g/mol. The number of piperidine rings is 1. The average Bonchev–Trinajstić information content (AvgIpc) is 2.90. The van der Waals surface area contributed by atoms with Crippen molar-refractivity contribution in [1.82, 2.24) is 4.90 Å². The molecule has 0 spiro atoms. The van der Waals surface area contributed by atoms with Gasteiger partial charge in [-0.05, 0) is 50.2 Å². The van der Waals surface area contributed by atoms with Crippen LogP contribution in [0.15, 0.2) is 6.07 Å². The number of nitrogens with zero attached hydrogens (tertiary/aromatic N) is 2. The number of rotatable bonds is 1. The number of carbonyl (C=O) groups excluding carboxylic acids is 1. The quantitative estimate of drug-likeness (QED) is 0.790. The van der Waals surface area contributed by atoms with E-state index in [9.17, 15) is 4.79 Å². The van der Waals surface area contributed by atoms with Crippen molar-refractivity contribution >= 4 is 17.2 Å². The van der Waals surface area contributed by atoms with Crippen molar-refractivity contribution in [1.29, 1.82) is 5.26 Å². The van der Waals surface area contributed by atoms with Crippen molar-refractivity contribution in [2.45, 2.75) is 38.5 Å². The maximum Gasteiger partial charge on any atom is 0.263 e. The second-order valence-electron chi connectivity index (χ2n) is 5.46. The molecule has 0 aromatic carbocycles. The second kappa shape index (κ2) is 5.34. The fourth-order valence-corrected chi connectivity index (χ4v) is 4.19. The third-order valence-electron chi connectivity index (χ3n) is 4.17. The zero-order chi connectivity index (χ0) is 13.2. The van der Waals surface area contributed by atoms with E-state index < -0.39 is 0 Å². The summed E-state index contributed by atoms with van der Waals surface area (Å²) >= 11 is 1.69. The van der Waals surface area contributed by atoms with Crippen LogP contribution in [0.4, 0.5) is 0 Å². The standard InChI is InChI=1S/C15H18N2OS/c16-10-11-5-7-17(8-6-11)15(18)14-9-12-3-1-2-4-13(12)19-14/h9,11H,1-8H2. The average molecular weight is 274 g/mol. The van der Waals surface area contributed by atoms with Gasteiger partial charge in [-0.25, -0.2) is 0 Å². The number of hydrogen-bond acceptors (Lipinski definition) is 3. The zero-order valence-electron chi connectivity index (χ0n) is 11.0. The molecule has 4 heteroatoms. The minimum atomic E-state index is 0.139. The minimum absolute atomic E-state index is 0.139. The first-order chi connectivity index (χ1) is 9.28. The van der Waals surface area contributed by atoms with Crippen LogP contribution in [-0.4, -0.2) is 23.9 Å². The Morgan fingerprint density at radius 1 is 1.32 bits per heavy atom. The summed E-state index contributed by atoms with van der Waals surface area (Å²) in [6, 6.07) is 4.42. The van der Waals surface area contributed by atoms with E-state index in [2.05, 4.69) is 12.1 Å². The molecule has 0 saturated carbocycles. The van der Waals surface area contributed by atoms with Gasteiger partial charge in [-0.2, -0.15) is 5.26 Å². The van der Waals surface area contributed by atoms with E-state index in [1.54, 1.807) is 11.3 Å². The van der Waals surface area contributed by atoms with Crippen LogP contribution in [0.2, 0.25) is 0 Å². The van der Waals surface area contributed by atoms with E-state index >= 15 is 0 Å². The molecule has 1 aliphatic heterocycles. The highest BCUT2D eigenvalue weighted by atomic mass is 32.1. The van der Waals surface area contributed by atoms with Crippen LogP contribution in [0.5, 0.6) is 0 Å². The summed E-state index contributed by atoms with van der Waals surface area (Å²) in [4.78, 5) is 16.7. The molecule has 1 saturated heterocycles. The van der Waals surface area contributed by atoms with Gasteiger partial charge in [-0.1, -0.05) is 0 Å².